The van der Waals surface area contributed by atoms with Crippen molar-refractivity contribution in [3.63, 3.8) is 0 Å². The predicted octanol–water partition coefficient (Wildman–Crippen LogP) is 1.31. The van der Waals surface area contributed by atoms with E-state index in [1.807, 2.05) is 16.8 Å². The van der Waals surface area contributed by atoms with E-state index in [2.05, 4.69) is 22.0 Å². The normalized spacial score (nSPS) is 11.7. The second-order valence-electron chi connectivity index (χ2n) is 3.85. The van der Waals surface area contributed by atoms with Crippen LogP contribution < -0.4 is 5.73 Å². The molecule has 0 spiro atoms. The molecule has 0 saturated heterocycles. The Labute approximate surface area is 105 Å². The van der Waals surface area contributed by atoms with Gasteiger partial charge in [0.25, 0.3) is 0 Å². The third kappa shape index (κ3) is 2.32. The van der Waals surface area contributed by atoms with Crippen molar-refractivity contribution in [3.05, 3.63) is 42.2 Å². The second-order valence-corrected chi connectivity index (χ2v) is 3.85. The maximum Gasteiger partial charge on any atom is 0.188 e. The van der Waals surface area contributed by atoms with Gasteiger partial charge in [0.15, 0.2) is 5.84 Å². The zero-order chi connectivity index (χ0) is 13.0. The number of hydrogen-bond acceptors (Lipinski definition) is 4. The Hall–Kier alpha value is -2.37. The highest BCUT2D eigenvalue weighted by molar-refractivity contribution is 5.95. The molecule has 6 nitrogen and oxygen atoms in total. The van der Waals surface area contributed by atoms with Gasteiger partial charge in [-0.25, -0.2) is 4.98 Å². The molecule has 94 valence electrons. The van der Waals surface area contributed by atoms with Crippen molar-refractivity contribution >= 4 is 5.84 Å². The molecule has 0 radical (unpaired) electrons. The fourth-order valence-electron chi connectivity index (χ4n) is 1.74. The summed E-state index contributed by atoms with van der Waals surface area (Å²) in [5.41, 5.74) is 6.86. The maximum atomic E-state index is 8.65. The monoisotopic (exact) mass is 245 g/mol. The van der Waals surface area contributed by atoms with Gasteiger partial charge in [0.05, 0.1) is 5.69 Å². The largest absolute Gasteiger partial charge is 0.409 e. The summed E-state index contributed by atoms with van der Waals surface area (Å²) in [7, 11) is 0. The number of amidine groups is 1. The lowest BCUT2D eigenvalue weighted by molar-refractivity contribution is 0.318. The minimum absolute atomic E-state index is 0.00555. The van der Waals surface area contributed by atoms with Gasteiger partial charge in [-0.1, -0.05) is 12.1 Å². The number of aromatic nitrogens is 3. The molecular formula is C12H15N5O. The van der Waals surface area contributed by atoms with E-state index in [1.165, 1.54) is 0 Å². The van der Waals surface area contributed by atoms with Crippen LogP contribution in [0, 0.1) is 0 Å². The van der Waals surface area contributed by atoms with Crippen LogP contribution >= 0.6 is 0 Å². The van der Waals surface area contributed by atoms with Crippen LogP contribution in [0.4, 0.5) is 0 Å². The number of pyridine rings is 1. The fraction of sp³-hybridized carbons (Fsp3) is 0.250. The van der Waals surface area contributed by atoms with Gasteiger partial charge in [-0.3, -0.25) is 4.98 Å². The lowest BCUT2D eigenvalue weighted by Crippen LogP contribution is -2.15. The van der Waals surface area contributed by atoms with Crippen molar-refractivity contribution in [1.82, 2.24) is 14.5 Å². The van der Waals surface area contributed by atoms with Gasteiger partial charge in [-0.2, -0.15) is 0 Å². The quantitative estimate of drug-likeness (QED) is 0.368. The number of imidazole rings is 1. The second kappa shape index (κ2) is 5.31. The summed E-state index contributed by atoms with van der Waals surface area (Å²) in [6.07, 6.45) is 7.19. The van der Waals surface area contributed by atoms with Crippen LogP contribution in [0.1, 0.15) is 24.9 Å². The predicted molar refractivity (Wildman–Crippen MR) is 67.9 cm³/mol. The van der Waals surface area contributed by atoms with Crippen LogP contribution in [-0.2, 0) is 6.42 Å². The highest BCUT2D eigenvalue weighted by atomic mass is 16.4. The number of aryl methyl sites for hydroxylation is 1. The molecule has 0 saturated carbocycles. The molecular weight excluding hydrogens is 230 g/mol. The lowest BCUT2D eigenvalue weighted by Gasteiger charge is -2.08. The highest BCUT2D eigenvalue weighted by Crippen LogP contribution is 2.12. The van der Waals surface area contributed by atoms with Crippen molar-refractivity contribution in [1.29, 1.82) is 0 Å². The first-order valence-corrected chi connectivity index (χ1v) is 5.72. The number of nitrogens with zero attached hydrogens (tertiary/aromatic N) is 4. The Balaban J connectivity index is 2.41. The minimum atomic E-state index is -0.00555. The number of hydrogen-bond donors (Lipinski definition) is 2. The first kappa shape index (κ1) is 12.1. The Kier molecular flexibility index (Phi) is 3.57. The van der Waals surface area contributed by atoms with Gasteiger partial charge in [0.1, 0.15) is 11.5 Å². The first-order chi connectivity index (χ1) is 8.76. The lowest BCUT2D eigenvalue weighted by atomic mass is 10.2. The zero-order valence-corrected chi connectivity index (χ0v) is 10.1. The molecule has 0 bridgehead atoms. The molecule has 2 heterocycles. The molecule has 2 aromatic heterocycles. The molecule has 0 unspecified atom stereocenters. The molecule has 2 rings (SSSR count). The number of rotatable bonds is 4. The van der Waals surface area contributed by atoms with E-state index in [4.69, 9.17) is 10.9 Å². The van der Waals surface area contributed by atoms with Gasteiger partial charge < -0.3 is 15.5 Å². The molecule has 0 aliphatic carbocycles. The van der Waals surface area contributed by atoms with Crippen molar-refractivity contribution < 1.29 is 5.21 Å². The highest BCUT2D eigenvalue weighted by Gasteiger charge is 2.07. The van der Waals surface area contributed by atoms with Crippen LogP contribution in [0.5, 0.6) is 0 Å². The smallest absolute Gasteiger partial charge is 0.188 e. The van der Waals surface area contributed by atoms with Crippen LogP contribution in [-0.4, -0.2) is 25.6 Å². The molecule has 3 N–H and O–H groups in total. The van der Waals surface area contributed by atoms with E-state index in [1.54, 1.807) is 18.5 Å². The van der Waals surface area contributed by atoms with E-state index < -0.39 is 0 Å². The fourth-order valence-corrected chi connectivity index (χ4v) is 1.74. The van der Waals surface area contributed by atoms with E-state index in [0.29, 0.717) is 5.69 Å². The molecule has 0 fully saturated rings. The van der Waals surface area contributed by atoms with Gasteiger partial charge in [-0.15, -0.1) is 0 Å². The standard InChI is InChI=1S/C12H15N5O/c1-2-3-11-15-6-7-17(11)9-4-5-14-10(8-9)12(13)16-18/h4-8,18H,2-3H2,1H3,(H2,13,16). The van der Waals surface area contributed by atoms with E-state index in [9.17, 15) is 0 Å². The van der Waals surface area contributed by atoms with E-state index >= 15 is 0 Å². The molecule has 2 aromatic rings. The Morgan fingerprint density at radius 3 is 3.00 bits per heavy atom. The zero-order valence-electron chi connectivity index (χ0n) is 10.1. The van der Waals surface area contributed by atoms with Gasteiger partial charge in [0, 0.05) is 25.0 Å². The molecule has 0 atom stereocenters. The van der Waals surface area contributed by atoms with E-state index in [0.717, 1.165) is 24.4 Å². The third-order valence-electron chi connectivity index (χ3n) is 2.58. The van der Waals surface area contributed by atoms with Gasteiger partial charge >= 0.3 is 0 Å². The molecule has 0 aliphatic heterocycles. The van der Waals surface area contributed by atoms with E-state index in [-0.39, 0.29) is 5.84 Å². The summed E-state index contributed by atoms with van der Waals surface area (Å²) in [4.78, 5) is 8.35. The topological polar surface area (TPSA) is 89.3 Å². The van der Waals surface area contributed by atoms with Gasteiger partial charge in [0.2, 0.25) is 0 Å². The average molecular weight is 245 g/mol. The molecule has 0 aromatic carbocycles. The summed E-state index contributed by atoms with van der Waals surface area (Å²) < 4.78 is 1.97. The summed E-state index contributed by atoms with van der Waals surface area (Å²) in [5.74, 6) is 0.975. The van der Waals surface area contributed by atoms with Crippen molar-refractivity contribution in [2.24, 2.45) is 10.9 Å². The SMILES string of the molecule is CCCc1nccn1-c1ccnc(C(N)=NO)c1. The number of oxime groups is 1. The first-order valence-electron chi connectivity index (χ1n) is 5.72. The van der Waals surface area contributed by atoms with Crippen LogP contribution in [0.25, 0.3) is 5.69 Å². The summed E-state index contributed by atoms with van der Waals surface area (Å²) in [5, 5.41) is 11.6. The summed E-state index contributed by atoms with van der Waals surface area (Å²) in [6.45, 7) is 2.10. The Bertz CT molecular complexity index is 561. The third-order valence-corrected chi connectivity index (χ3v) is 2.58. The molecule has 6 heteroatoms. The van der Waals surface area contributed by atoms with Crippen LogP contribution in [0.2, 0.25) is 0 Å². The maximum absolute atomic E-state index is 8.65. The summed E-state index contributed by atoms with van der Waals surface area (Å²) >= 11 is 0. The molecule has 0 aliphatic rings. The van der Waals surface area contributed by atoms with Crippen molar-refractivity contribution in [3.8, 4) is 5.69 Å². The number of nitrogens with two attached hydrogens (primary N) is 1. The summed E-state index contributed by atoms with van der Waals surface area (Å²) in [6, 6.07) is 3.62. The minimum Gasteiger partial charge on any atom is -0.409 e. The molecule has 0 amide bonds. The average Bonchev–Trinajstić information content (AvgIpc) is 2.87. The van der Waals surface area contributed by atoms with Gasteiger partial charge in [-0.05, 0) is 18.6 Å². The Morgan fingerprint density at radius 1 is 1.44 bits per heavy atom. The van der Waals surface area contributed by atoms with Crippen molar-refractivity contribution in [2.45, 2.75) is 19.8 Å². The van der Waals surface area contributed by atoms with Crippen molar-refractivity contribution in [2.75, 3.05) is 0 Å². The van der Waals surface area contributed by atoms with Crippen LogP contribution in [0.15, 0.2) is 35.9 Å². The van der Waals surface area contributed by atoms with Crippen LogP contribution in [0.3, 0.4) is 0 Å². The Morgan fingerprint density at radius 2 is 2.28 bits per heavy atom. The molecule has 18 heavy (non-hydrogen) atoms.